The maximum atomic E-state index is 13.9. The number of carbonyl (C=O) groups excluding carboxylic acids is 3. The zero-order valence-electron chi connectivity index (χ0n) is 27.7. The molecule has 1 saturated carbocycles. The summed E-state index contributed by atoms with van der Waals surface area (Å²) in [7, 11) is 0. The van der Waals surface area contributed by atoms with Crippen molar-refractivity contribution in [2.24, 2.45) is 0 Å². The maximum Gasteiger partial charge on any atom is 0.258 e. The number of anilines is 2. The van der Waals surface area contributed by atoms with E-state index in [1.165, 1.54) is 22.3 Å². The lowest BCUT2D eigenvalue weighted by Crippen LogP contribution is -2.32. The van der Waals surface area contributed by atoms with Crippen LogP contribution in [0.3, 0.4) is 0 Å². The van der Waals surface area contributed by atoms with Crippen molar-refractivity contribution in [1.82, 2.24) is 5.32 Å². The summed E-state index contributed by atoms with van der Waals surface area (Å²) in [6, 6.07) is 35.4. The molecule has 0 bridgehead atoms. The second-order valence-corrected chi connectivity index (χ2v) is 12.7. The molecule has 246 valence electrons. The van der Waals surface area contributed by atoms with Gasteiger partial charge in [0.05, 0.1) is 10.6 Å². The van der Waals surface area contributed by atoms with E-state index < -0.39 is 0 Å². The Morgan fingerprint density at radius 3 is 2.23 bits per heavy atom. The SMILES string of the molecule is C=O.CC.O=C(NC1CC1)C1=CC2=C(CS1)c1ccccc1N(C(=O)c1ccc(NCc3ccccc3Cc3ccccc3)cc1)CC2. The highest BCUT2D eigenvalue weighted by Gasteiger charge is 2.30. The third kappa shape index (κ3) is 8.33. The fourth-order valence-corrected chi connectivity index (χ4v) is 7.00. The average molecular weight is 658 g/mol. The summed E-state index contributed by atoms with van der Waals surface area (Å²) in [4.78, 5) is 37.4. The molecular weight excluding hydrogens is 615 g/mol. The quantitative estimate of drug-likeness (QED) is 0.199. The van der Waals surface area contributed by atoms with Gasteiger partial charge in [0.15, 0.2) is 0 Å². The standard InChI is InChI=1S/C38H35N3O2S.C2H6.CH2O/c42-37(40-32-18-19-32)36-23-29-20-21-41(35-13-7-6-12-33(35)34(29)25-44-36)38(43)27-14-16-31(17-15-27)39-24-30-11-5-4-10-28(30)22-26-8-2-1-3-9-26;2*1-2/h1-17,23,32,39H,18-22,24-25H2,(H,40,42);1-2H3;1H2. The molecule has 1 aliphatic carbocycles. The van der Waals surface area contributed by atoms with E-state index in [0.717, 1.165) is 52.4 Å². The van der Waals surface area contributed by atoms with Gasteiger partial charge in [-0.05, 0) is 89.9 Å². The lowest BCUT2D eigenvalue weighted by Gasteiger charge is -2.24. The summed E-state index contributed by atoms with van der Waals surface area (Å²) < 4.78 is 0. The van der Waals surface area contributed by atoms with Gasteiger partial charge in [-0.3, -0.25) is 9.59 Å². The number of carbonyl (C=O) groups is 3. The number of nitrogens with one attached hydrogen (secondary N) is 2. The van der Waals surface area contributed by atoms with Crippen LogP contribution in [-0.4, -0.2) is 36.9 Å². The van der Waals surface area contributed by atoms with Crippen molar-refractivity contribution in [3.05, 3.63) is 147 Å². The van der Waals surface area contributed by atoms with Crippen LogP contribution in [0, 0.1) is 0 Å². The molecule has 0 atom stereocenters. The van der Waals surface area contributed by atoms with Crippen LogP contribution in [0.2, 0.25) is 0 Å². The lowest BCUT2D eigenvalue weighted by atomic mass is 9.98. The zero-order chi connectivity index (χ0) is 33.9. The summed E-state index contributed by atoms with van der Waals surface area (Å²) in [6.45, 7) is 7.27. The molecule has 2 amide bonds. The Bertz CT molecular complexity index is 1780. The molecule has 4 aromatic rings. The number of para-hydroxylation sites is 1. The van der Waals surface area contributed by atoms with Crippen LogP contribution in [-0.2, 0) is 22.6 Å². The van der Waals surface area contributed by atoms with Crippen molar-refractivity contribution in [1.29, 1.82) is 0 Å². The molecule has 0 unspecified atom stereocenters. The van der Waals surface area contributed by atoms with E-state index in [0.29, 0.717) is 31.1 Å². The first-order chi connectivity index (χ1) is 23.6. The molecule has 7 rings (SSSR count). The number of benzene rings is 4. The monoisotopic (exact) mass is 657 g/mol. The highest BCUT2D eigenvalue weighted by Crippen LogP contribution is 2.42. The minimum atomic E-state index is -0.0135. The van der Waals surface area contributed by atoms with Crippen molar-refractivity contribution >= 4 is 47.3 Å². The molecule has 1 fully saturated rings. The number of nitrogens with zero attached hydrogens (tertiary/aromatic N) is 1. The first-order valence-electron chi connectivity index (χ1n) is 16.6. The molecule has 4 aromatic carbocycles. The van der Waals surface area contributed by atoms with E-state index in [-0.39, 0.29) is 11.8 Å². The summed E-state index contributed by atoms with van der Waals surface area (Å²) >= 11 is 1.59. The highest BCUT2D eigenvalue weighted by atomic mass is 32.2. The Kier molecular flexibility index (Phi) is 12.1. The van der Waals surface area contributed by atoms with Gasteiger partial charge < -0.3 is 20.3 Å². The van der Waals surface area contributed by atoms with E-state index in [2.05, 4.69) is 65.2 Å². The van der Waals surface area contributed by atoms with Gasteiger partial charge in [-0.1, -0.05) is 86.6 Å². The fraction of sp³-hybridized carbons (Fsp3) is 0.244. The minimum Gasteiger partial charge on any atom is -0.381 e. The number of amides is 2. The third-order valence-electron chi connectivity index (χ3n) is 8.54. The number of thioether (sulfide) groups is 1. The fourth-order valence-electron chi connectivity index (χ4n) is 5.95. The molecule has 2 aliphatic heterocycles. The van der Waals surface area contributed by atoms with Crippen molar-refractivity contribution in [3.63, 3.8) is 0 Å². The number of fused-ring (bicyclic) bond motifs is 2. The summed E-state index contributed by atoms with van der Waals surface area (Å²) in [5.41, 5.74) is 9.87. The molecule has 0 radical (unpaired) electrons. The number of allylic oxidation sites excluding steroid dienone is 1. The highest BCUT2D eigenvalue weighted by molar-refractivity contribution is 8.04. The Hall–Kier alpha value is -4.88. The number of rotatable bonds is 8. The second-order valence-electron chi connectivity index (χ2n) is 11.6. The molecular formula is C41H43N3O3S. The first-order valence-corrected chi connectivity index (χ1v) is 17.6. The average Bonchev–Trinajstić information content (AvgIpc) is 3.99. The normalized spacial score (nSPS) is 14.8. The van der Waals surface area contributed by atoms with Crippen LogP contribution < -0.4 is 15.5 Å². The van der Waals surface area contributed by atoms with Gasteiger partial charge >= 0.3 is 0 Å². The van der Waals surface area contributed by atoms with Gasteiger partial charge in [-0.2, -0.15) is 0 Å². The molecule has 0 spiro atoms. The van der Waals surface area contributed by atoms with Gasteiger partial charge in [0.1, 0.15) is 6.79 Å². The molecule has 6 nitrogen and oxygen atoms in total. The van der Waals surface area contributed by atoms with Gasteiger partial charge in [0.2, 0.25) is 0 Å². The van der Waals surface area contributed by atoms with Crippen LogP contribution in [0.5, 0.6) is 0 Å². The largest absolute Gasteiger partial charge is 0.381 e. The predicted octanol–water partition coefficient (Wildman–Crippen LogP) is 8.44. The Morgan fingerprint density at radius 2 is 1.50 bits per heavy atom. The minimum absolute atomic E-state index is 0.0135. The molecule has 2 heterocycles. The Balaban J connectivity index is 0.00000109. The molecule has 2 N–H and O–H groups in total. The smallest absolute Gasteiger partial charge is 0.258 e. The zero-order valence-corrected chi connectivity index (χ0v) is 28.5. The Labute approximate surface area is 288 Å². The molecule has 3 aliphatic rings. The van der Waals surface area contributed by atoms with E-state index >= 15 is 0 Å². The van der Waals surface area contributed by atoms with E-state index in [1.807, 2.05) is 80.1 Å². The van der Waals surface area contributed by atoms with Gasteiger partial charge in [0.25, 0.3) is 11.8 Å². The molecule has 0 saturated heterocycles. The van der Waals surface area contributed by atoms with Crippen LogP contribution in [0.25, 0.3) is 5.57 Å². The lowest BCUT2D eigenvalue weighted by molar-refractivity contribution is -0.117. The molecule has 0 aromatic heterocycles. The second kappa shape index (κ2) is 16.8. The van der Waals surface area contributed by atoms with Crippen LogP contribution in [0.1, 0.15) is 65.7 Å². The summed E-state index contributed by atoms with van der Waals surface area (Å²) in [6.07, 6.45) is 5.79. The van der Waals surface area contributed by atoms with Crippen molar-refractivity contribution in [2.45, 2.75) is 52.1 Å². The first kappa shape index (κ1) is 34.5. The summed E-state index contributed by atoms with van der Waals surface area (Å²) in [5, 5.41) is 6.67. The van der Waals surface area contributed by atoms with Crippen molar-refractivity contribution < 1.29 is 14.4 Å². The molecule has 7 heteroatoms. The van der Waals surface area contributed by atoms with Crippen molar-refractivity contribution in [2.75, 3.05) is 22.5 Å². The van der Waals surface area contributed by atoms with E-state index in [9.17, 15) is 9.59 Å². The topological polar surface area (TPSA) is 78.5 Å². The van der Waals surface area contributed by atoms with E-state index in [1.54, 1.807) is 11.8 Å². The van der Waals surface area contributed by atoms with Crippen molar-refractivity contribution in [3.8, 4) is 0 Å². The Morgan fingerprint density at radius 1 is 0.833 bits per heavy atom. The van der Waals surface area contributed by atoms with Crippen LogP contribution in [0.4, 0.5) is 11.4 Å². The van der Waals surface area contributed by atoms with Gasteiger partial charge in [-0.15, -0.1) is 11.8 Å². The number of hydrogen-bond acceptors (Lipinski definition) is 5. The number of hydrogen-bond donors (Lipinski definition) is 2. The van der Waals surface area contributed by atoms with Gasteiger partial charge in [0, 0.05) is 41.7 Å². The summed E-state index contributed by atoms with van der Waals surface area (Å²) in [5.74, 6) is 0.746. The molecule has 48 heavy (non-hydrogen) atoms. The maximum absolute atomic E-state index is 13.9. The predicted molar refractivity (Wildman–Crippen MR) is 199 cm³/mol. The third-order valence-corrected chi connectivity index (χ3v) is 9.59. The van der Waals surface area contributed by atoms with E-state index in [4.69, 9.17) is 4.79 Å². The van der Waals surface area contributed by atoms with Gasteiger partial charge in [-0.25, -0.2) is 0 Å². The van der Waals surface area contributed by atoms with Crippen LogP contribution >= 0.6 is 11.8 Å². The van der Waals surface area contributed by atoms with Crippen LogP contribution in [0.15, 0.2) is 120 Å².